The maximum absolute atomic E-state index is 13.9. The second-order valence-corrected chi connectivity index (χ2v) is 6.42. The number of nitrogens with one attached hydrogen (secondary N) is 1. The van der Waals surface area contributed by atoms with Gasteiger partial charge in [-0.05, 0) is 24.6 Å². The van der Waals surface area contributed by atoms with Crippen LogP contribution in [0.25, 0.3) is 10.8 Å². The molecule has 6 nitrogen and oxygen atoms in total. The zero-order valence-corrected chi connectivity index (χ0v) is 13.9. The van der Waals surface area contributed by atoms with Crippen molar-refractivity contribution in [2.45, 2.75) is 12.5 Å². The number of carbonyl (C=O) groups excluding carboxylic acids is 1. The van der Waals surface area contributed by atoms with Crippen LogP contribution in [0.2, 0.25) is 0 Å². The van der Waals surface area contributed by atoms with Gasteiger partial charge in [-0.3, -0.25) is 4.79 Å². The van der Waals surface area contributed by atoms with Crippen LogP contribution < -0.4 is 10.2 Å². The highest BCUT2D eigenvalue weighted by atomic mass is 32.1. The number of para-hydroxylation sites is 1. The van der Waals surface area contributed by atoms with E-state index in [1.165, 1.54) is 22.3 Å². The highest BCUT2D eigenvalue weighted by Crippen LogP contribution is 2.26. The molecule has 1 aliphatic rings. The van der Waals surface area contributed by atoms with E-state index in [0.717, 1.165) is 5.01 Å². The van der Waals surface area contributed by atoms with Crippen LogP contribution in [0, 0.1) is 5.82 Å². The van der Waals surface area contributed by atoms with Gasteiger partial charge in [0, 0.05) is 24.3 Å². The van der Waals surface area contributed by atoms with Crippen LogP contribution in [0.5, 0.6) is 0 Å². The highest BCUT2D eigenvalue weighted by Gasteiger charge is 2.33. The third-order valence-corrected chi connectivity index (χ3v) is 4.72. The molecule has 1 N–H and O–H groups in total. The van der Waals surface area contributed by atoms with E-state index in [1.807, 2.05) is 5.38 Å². The van der Waals surface area contributed by atoms with Crippen molar-refractivity contribution < 1.29 is 9.18 Å². The second-order valence-electron chi connectivity index (χ2n) is 5.53. The number of aromatic nitrogens is 3. The smallest absolute Gasteiger partial charge is 0.249 e. The second kappa shape index (κ2) is 6.56. The lowest BCUT2D eigenvalue weighted by molar-refractivity contribution is -0.117. The fourth-order valence-electron chi connectivity index (χ4n) is 2.78. The van der Waals surface area contributed by atoms with Crippen LogP contribution in [-0.2, 0) is 4.79 Å². The predicted molar refractivity (Wildman–Crippen MR) is 93.9 cm³/mol. The van der Waals surface area contributed by atoms with Crippen LogP contribution in [-0.4, -0.2) is 33.4 Å². The minimum Gasteiger partial charge on any atom is -0.358 e. The zero-order valence-electron chi connectivity index (χ0n) is 13.1. The van der Waals surface area contributed by atoms with Crippen molar-refractivity contribution >= 4 is 28.7 Å². The van der Waals surface area contributed by atoms with E-state index in [4.69, 9.17) is 0 Å². The van der Waals surface area contributed by atoms with Crippen LogP contribution in [0.3, 0.4) is 0 Å². The van der Waals surface area contributed by atoms with Crippen molar-refractivity contribution in [3.63, 3.8) is 0 Å². The number of rotatable bonds is 4. The van der Waals surface area contributed by atoms with E-state index < -0.39 is 11.9 Å². The Morgan fingerprint density at radius 3 is 2.88 bits per heavy atom. The van der Waals surface area contributed by atoms with Crippen molar-refractivity contribution in [3.8, 4) is 10.8 Å². The van der Waals surface area contributed by atoms with Gasteiger partial charge in [0.25, 0.3) is 0 Å². The molecule has 2 aromatic heterocycles. The number of benzene rings is 1. The highest BCUT2D eigenvalue weighted by molar-refractivity contribution is 7.13. The molecule has 1 aromatic carbocycles. The molecule has 1 aliphatic heterocycles. The van der Waals surface area contributed by atoms with E-state index in [2.05, 4.69) is 20.3 Å². The summed E-state index contributed by atoms with van der Waals surface area (Å²) in [6.45, 7) is 0.460. The number of amides is 1. The van der Waals surface area contributed by atoms with Gasteiger partial charge < -0.3 is 10.2 Å². The third-order valence-electron chi connectivity index (χ3n) is 3.95. The average Bonchev–Trinajstić information content (AvgIpc) is 3.27. The predicted octanol–water partition coefficient (Wildman–Crippen LogP) is 2.96. The van der Waals surface area contributed by atoms with Gasteiger partial charge in [-0.25, -0.2) is 19.3 Å². The lowest BCUT2D eigenvalue weighted by Crippen LogP contribution is -2.34. The van der Waals surface area contributed by atoms with Crippen LogP contribution in [0.1, 0.15) is 6.42 Å². The summed E-state index contributed by atoms with van der Waals surface area (Å²) in [6.07, 6.45) is 3.89. The molecular formula is C17H14FN5OS. The first-order valence-corrected chi connectivity index (χ1v) is 8.66. The van der Waals surface area contributed by atoms with Gasteiger partial charge in [0.05, 0.1) is 5.69 Å². The van der Waals surface area contributed by atoms with Gasteiger partial charge in [-0.1, -0.05) is 12.1 Å². The molecule has 1 unspecified atom stereocenters. The summed E-state index contributed by atoms with van der Waals surface area (Å²) in [5.74, 6) is 0.495. The van der Waals surface area contributed by atoms with Crippen LogP contribution >= 0.6 is 11.3 Å². The van der Waals surface area contributed by atoms with Crippen molar-refractivity contribution in [2.75, 3.05) is 16.8 Å². The van der Waals surface area contributed by atoms with Crippen molar-refractivity contribution in [3.05, 3.63) is 53.9 Å². The molecule has 1 amide bonds. The summed E-state index contributed by atoms with van der Waals surface area (Å²) in [4.78, 5) is 26.9. The molecule has 4 rings (SSSR count). The normalized spacial score (nSPS) is 17.1. The van der Waals surface area contributed by atoms with Gasteiger partial charge in [-0.2, -0.15) is 0 Å². The molecule has 0 saturated carbocycles. The zero-order chi connectivity index (χ0) is 17.2. The molecule has 0 bridgehead atoms. The molecule has 3 aromatic rings. The standard InChI is InChI=1S/C17H14FN5OS/c18-11-3-1-2-4-13(11)23-9-6-12(17(23)24)21-14-5-7-19-15(22-14)16-20-8-10-25-16/h1-5,7-8,10,12H,6,9H2,(H,19,21,22). The van der Waals surface area contributed by atoms with E-state index in [9.17, 15) is 9.18 Å². The number of hydrogen-bond acceptors (Lipinski definition) is 6. The first-order chi connectivity index (χ1) is 12.2. The molecule has 3 heterocycles. The molecule has 1 fully saturated rings. The average molecular weight is 355 g/mol. The van der Waals surface area contributed by atoms with E-state index in [1.54, 1.807) is 36.7 Å². The topological polar surface area (TPSA) is 71.0 Å². The molecular weight excluding hydrogens is 341 g/mol. The Hall–Kier alpha value is -2.87. The van der Waals surface area contributed by atoms with Gasteiger partial charge in [0.15, 0.2) is 10.8 Å². The molecule has 0 spiro atoms. The van der Waals surface area contributed by atoms with Gasteiger partial charge in [0.1, 0.15) is 17.7 Å². The Bertz CT molecular complexity index is 902. The Balaban J connectivity index is 1.52. The summed E-state index contributed by atoms with van der Waals surface area (Å²) < 4.78 is 13.9. The van der Waals surface area contributed by atoms with Crippen molar-refractivity contribution in [1.29, 1.82) is 0 Å². The molecule has 0 aliphatic carbocycles. The molecule has 8 heteroatoms. The van der Waals surface area contributed by atoms with Crippen LogP contribution in [0.15, 0.2) is 48.1 Å². The number of carbonyl (C=O) groups is 1. The first kappa shape index (κ1) is 15.6. The monoisotopic (exact) mass is 355 g/mol. The van der Waals surface area contributed by atoms with E-state index >= 15 is 0 Å². The number of thiazole rings is 1. The van der Waals surface area contributed by atoms with Gasteiger partial charge in [-0.15, -0.1) is 11.3 Å². The Kier molecular flexibility index (Phi) is 4.10. The maximum atomic E-state index is 13.9. The summed E-state index contributed by atoms with van der Waals surface area (Å²) in [5, 5.41) is 5.69. The number of halogens is 1. The van der Waals surface area contributed by atoms with Crippen molar-refractivity contribution in [2.24, 2.45) is 0 Å². The largest absolute Gasteiger partial charge is 0.358 e. The van der Waals surface area contributed by atoms with Gasteiger partial charge >= 0.3 is 0 Å². The lowest BCUT2D eigenvalue weighted by atomic mass is 10.2. The summed E-state index contributed by atoms with van der Waals surface area (Å²) in [5.41, 5.74) is 0.308. The maximum Gasteiger partial charge on any atom is 0.249 e. The Morgan fingerprint density at radius 2 is 2.08 bits per heavy atom. The quantitative estimate of drug-likeness (QED) is 0.779. The fourth-order valence-corrected chi connectivity index (χ4v) is 3.35. The SMILES string of the molecule is O=C1C(Nc2ccnc(-c3nccs3)n2)CCN1c1ccccc1F. The lowest BCUT2D eigenvalue weighted by Gasteiger charge is -2.18. The molecule has 1 atom stereocenters. The van der Waals surface area contributed by atoms with E-state index in [0.29, 0.717) is 30.3 Å². The van der Waals surface area contributed by atoms with E-state index in [-0.39, 0.29) is 5.91 Å². The van der Waals surface area contributed by atoms with Gasteiger partial charge in [0.2, 0.25) is 5.91 Å². The summed E-state index contributed by atoms with van der Waals surface area (Å²) in [6, 6.07) is 7.55. The van der Waals surface area contributed by atoms with Crippen LogP contribution in [0.4, 0.5) is 15.9 Å². The number of anilines is 2. The van der Waals surface area contributed by atoms with Crippen molar-refractivity contribution in [1.82, 2.24) is 15.0 Å². The Morgan fingerprint density at radius 1 is 1.20 bits per heavy atom. The fraction of sp³-hybridized carbons (Fsp3) is 0.176. The third kappa shape index (κ3) is 3.08. The molecule has 1 saturated heterocycles. The number of hydrogen-bond donors (Lipinski definition) is 1. The molecule has 126 valence electrons. The Labute approximate surface area is 147 Å². The minimum atomic E-state index is -0.446. The summed E-state index contributed by atoms with van der Waals surface area (Å²) >= 11 is 1.45. The first-order valence-electron chi connectivity index (χ1n) is 7.78. The molecule has 0 radical (unpaired) electrons. The minimum absolute atomic E-state index is 0.167. The summed E-state index contributed by atoms with van der Waals surface area (Å²) in [7, 11) is 0. The number of nitrogens with zero attached hydrogens (tertiary/aromatic N) is 4. The molecule has 25 heavy (non-hydrogen) atoms.